The van der Waals surface area contributed by atoms with Gasteiger partial charge >= 0.3 is 0 Å². The van der Waals surface area contributed by atoms with E-state index in [-0.39, 0.29) is 0 Å². The van der Waals surface area contributed by atoms with Gasteiger partial charge in [0.1, 0.15) is 22.3 Å². The predicted molar refractivity (Wildman–Crippen MR) is 206 cm³/mol. The molecule has 0 unspecified atom stereocenters. The molecule has 0 aliphatic heterocycles. The summed E-state index contributed by atoms with van der Waals surface area (Å²) in [5.74, 6) is 1.79. The van der Waals surface area contributed by atoms with Gasteiger partial charge in [-0.15, -0.1) is 0 Å². The van der Waals surface area contributed by atoms with Crippen molar-refractivity contribution in [2.24, 2.45) is 0 Å². The molecule has 0 radical (unpaired) electrons. The van der Waals surface area contributed by atoms with Crippen molar-refractivity contribution < 1.29 is 8.83 Å². The highest BCUT2D eigenvalue weighted by Gasteiger charge is 2.25. The van der Waals surface area contributed by atoms with Crippen LogP contribution in [-0.2, 0) is 0 Å². The van der Waals surface area contributed by atoms with Crippen molar-refractivity contribution in [3.63, 3.8) is 0 Å². The third kappa shape index (κ3) is 3.63. The van der Waals surface area contributed by atoms with Crippen LogP contribution in [0.25, 0.3) is 116 Å². The van der Waals surface area contributed by atoms with Gasteiger partial charge in [-0.3, -0.25) is 4.57 Å². The molecular weight excluding hydrogens is 629 g/mol. The van der Waals surface area contributed by atoms with Crippen LogP contribution in [0.3, 0.4) is 0 Å². The lowest BCUT2D eigenvalue weighted by Gasteiger charge is -2.11. The summed E-state index contributed by atoms with van der Waals surface area (Å²) < 4.78 is 15.3. The molecule has 0 aliphatic rings. The molecule has 12 aromatic rings. The van der Waals surface area contributed by atoms with Crippen molar-refractivity contribution >= 4 is 87.2 Å². The average Bonchev–Trinajstić information content (AvgIpc) is 3.86. The fourth-order valence-corrected chi connectivity index (χ4v) is 8.24. The quantitative estimate of drug-likeness (QED) is 0.190. The van der Waals surface area contributed by atoms with E-state index in [2.05, 4.69) is 77.4 Å². The number of furan rings is 2. The molecule has 12 rings (SSSR count). The first-order chi connectivity index (χ1) is 25.3. The number of nitrogens with zero attached hydrogens (tertiary/aromatic N) is 4. The van der Waals surface area contributed by atoms with E-state index in [0.29, 0.717) is 17.6 Å². The summed E-state index contributed by atoms with van der Waals surface area (Å²) in [7, 11) is 0. The van der Waals surface area contributed by atoms with Gasteiger partial charge in [0.2, 0.25) is 5.95 Å². The molecule has 51 heavy (non-hydrogen) atoms. The summed E-state index contributed by atoms with van der Waals surface area (Å²) in [4.78, 5) is 15.4. The maximum atomic E-state index is 6.62. The molecule has 0 N–H and O–H groups in total. The summed E-state index contributed by atoms with van der Waals surface area (Å²) in [6.07, 6.45) is 0. The number of benzene rings is 7. The lowest BCUT2D eigenvalue weighted by atomic mass is 9.93. The van der Waals surface area contributed by atoms with Crippen LogP contribution >= 0.6 is 0 Å². The third-order valence-corrected chi connectivity index (χ3v) is 10.4. The van der Waals surface area contributed by atoms with Crippen molar-refractivity contribution in [2.45, 2.75) is 0 Å². The number of hydrogen-bond acceptors (Lipinski definition) is 5. The second kappa shape index (κ2) is 9.77. The predicted octanol–water partition coefficient (Wildman–Crippen LogP) is 11.8. The molecule has 236 valence electrons. The zero-order valence-electron chi connectivity index (χ0n) is 27.0. The van der Waals surface area contributed by atoms with Gasteiger partial charge in [0.15, 0.2) is 11.6 Å². The molecule has 0 saturated carbocycles. The van der Waals surface area contributed by atoms with Crippen LogP contribution in [0.5, 0.6) is 0 Å². The van der Waals surface area contributed by atoms with Crippen LogP contribution in [0.1, 0.15) is 0 Å². The van der Waals surface area contributed by atoms with Crippen LogP contribution < -0.4 is 0 Å². The highest BCUT2D eigenvalue weighted by Crippen LogP contribution is 2.47. The standard InChI is InChI=1S/C45H24N4O2/c1-3-11-25(12-4-1)43-46-44(26-13-5-2-6-14-26)48-45(47-43)49-33-18-9-16-28-30-23-32-27-15-7-8-19-35(27)50-38(32)24-31(30)29-17-10-20-36-40(29)42-37(51-36)22-21-34(49)41(42)39(28)33/h1-24H. The van der Waals surface area contributed by atoms with Crippen LogP contribution in [0.4, 0.5) is 0 Å². The first kappa shape index (κ1) is 26.9. The molecular formula is C45H24N4O2. The minimum absolute atomic E-state index is 0.558. The summed E-state index contributed by atoms with van der Waals surface area (Å²) in [6.45, 7) is 0. The topological polar surface area (TPSA) is 69.9 Å². The summed E-state index contributed by atoms with van der Waals surface area (Å²) in [5, 5.41) is 11.1. The smallest absolute Gasteiger partial charge is 0.238 e. The first-order valence-electron chi connectivity index (χ1n) is 17.0. The Hall–Kier alpha value is -7.05. The van der Waals surface area contributed by atoms with E-state index in [9.17, 15) is 0 Å². The molecule has 8 aromatic carbocycles. The van der Waals surface area contributed by atoms with Crippen molar-refractivity contribution in [1.82, 2.24) is 19.5 Å². The van der Waals surface area contributed by atoms with Gasteiger partial charge in [0.25, 0.3) is 0 Å². The second-order valence-electron chi connectivity index (χ2n) is 13.2. The second-order valence-corrected chi connectivity index (χ2v) is 13.2. The van der Waals surface area contributed by atoms with E-state index in [1.807, 2.05) is 72.8 Å². The maximum Gasteiger partial charge on any atom is 0.238 e. The van der Waals surface area contributed by atoms with Gasteiger partial charge in [0, 0.05) is 43.4 Å². The normalized spacial score (nSPS) is 12.3. The third-order valence-electron chi connectivity index (χ3n) is 10.4. The zero-order valence-corrected chi connectivity index (χ0v) is 27.0. The van der Waals surface area contributed by atoms with Gasteiger partial charge in [-0.1, -0.05) is 103 Å². The Labute approximate surface area is 289 Å². The number of fused-ring (bicyclic) bond motifs is 6. The van der Waals surface area contributed by atoms with E-state index in [4.69, 9.17) is 23.8 Å². The van der Waals surface area contributed by atoms with Crippen molar-refractivity contribution in [1.29, 1.82) is 0 Å². The fraction of sp³-hybridized carbons (Fsp3) is 0. The Bertz CT molecular complexity index is 3300. The number of hydrogen-bond donors (Lipinski definition) is 0. The Morgan fingerprint density at radius 2 is 0.941 bits per heavy atom. The molecule has 0 amide bonds. The lowest BCUT2D eigenvalue weighted by Crippen LogP contribution is -2.06. The zero-order chi connectivity index (χ0) is 33.2. The summed E-state index contributed by atoms with van der Waals surface area (Å²) >= 11 is 0. The number of aromatic nitrogens is 4. The Morgan fingerprint density at radius 3 is 1.73 bits per heavy atom. The molecule has 0 fully saturated rings. The first-order valence-corrected chi connectivity index (χ1v) is 17.0. The number of para-hydroxylation sites is 1. The minimum Gasteiger partial charge on any atom is -0.456 e. The highest BCUT2D eigenvalue weighted by molar-refractivity contribution is 6.38. The van der Waals surface area contributed by atoms with Gasteiger partial charge in [-0.25, -0.2) is 4.98 Å². The SMILES string of the molecule is c1ccc(-c2nc(-c3ccccc3)nc(-n3c4cccc5c6cc7c(cc6c6cccc8oc9ccc3c(c9c86)c54)oc3ccccc37)n2)cc1. The van der Waals surface area contributed by atoms with Gasteiger partial charge in [-0.2, -0.15) is 9.97 Å². The molecule has 0 bridgehead atoms. The van der Waals surface area contributed by atoms with Gasteiger partial charge in [-0.05, 0) is 64.0 Å². The van der Waals surface area contributed by atoms with E-state index in [1.54, 1.807) is 0 Å². The van der Waals surface area contributed by atoms with Crippen molar-refractivity contribution in [3.05, 3.63) is 146 Å². The molecule has 4 aromatic heterocycles. The number of rotatable bonds is 3. The molecule has 0 saturated heterocycles. The van der Waals surface area contributed by atoms with Crippen LogP contribution in [0.15, 0.2) is 154 Å². The highest BCUT2D eigenvalue weighted by atomic mass is 16.3. The molecule has 0 aliphatic carbocycles. The van der Waals surface area contributed by atoms with Crippen LogP contribution in [-0.4, -0.2) is 19.5 Å². The van der Waals surface area contributed by atoms with Crippen molar-refractivity contribution in [3.8, 4) is 28.7 Å². The summed E-state index contributed by atoms with van der Waals surface area (Å²) in [6, 6.07) is 50.2. The molecule has 6 nitrogen and oxygen atoms in total. The van der Waals surface area contributed by atoms with E-state index in [0.717, 1.165) is 98.4 Å². The molecule has 0 spiro atoms. The fourth-order valence-electron chi connectivity index (χ4n) is 8.24. The monoisotopic (exact) mass is 652 g/mol. The summed E-state index contributed by atoms with van der Waals surface area (Å²) in [5.41, 5.74) is 7.31. The van der Waals surface area contributed by atoms with Crippen LogP contribution in [0.2, 0.25) is 0 Å². The minimum atomic E-state index is 0.558. The lowest BCUT2D eigenvalue weighted by molar-refractivity contribution is 0.669. The Kier molecular flexibility index (Phi) is 5.14. The van der Waals surface area contributed by atoms with Gasteiger partial charge < -0.3 is 8.83 Å². The van der Waals surface area contributed by atoms with Gasteiger partial charge in [0.05, 0.1) is 11.0 Å². The van der Waals surface area contributed by atoms with Crippen LogP contribution in [0, 0.1) is 0 Å². The Morgan fingerprint density at radius 1 is 0.353 bits per heavy atom. The van der Waals surface area contributed by atoms with Crippen molar-refractivity contribution in [2.75, 3.05) is 0 Å². The van der Waals surface area contributed by atoms with E-state index in [1.165, 1.54) is 0 Å². The Balaban J connectivity index is 1.30. The van der Waals surface area contributed by atoms with E-state index >= 15 is 0 Å². The van der Waals surface area contributed by atoms with E-state index < -0.39 is 0 Å². The molecule has 6 heteroatoms. The molecule has 0 atom stereocenters. The molecule has 4 heterocycles. The largest absolute Gasteiger partial charge is 0.456 e. The maximum absolute atomic E-state index is 6.62. The average molecular weight is 653 g/mol.